The van der Waals surface area contributed by atoms with E-state index in [1.807, 2.05) is 19.1 Å². The third-order valence-corrected chi connectivity index (χ3v) is 4.44. The maximum absolute atomic E-state index is 8.95. The summed E-state index contributed by atoms with van der Waals surface area (Å²) >= 11 is 5.87. The van der Waals surface area contributed by atoms with Gasteiger partial charge in [0, 0.05) is 23.5 Å². The number of nitrogens with one attached hydrogen (secondary N) is 1. The normalized spacial score (nSPS) is 24.7. The first-order chi connectivity index (χ1) is 9.19. The van der Waals surface area contributed by atoms with E-state index in [-0.39, 0.29) is 5.92 Å². The molecule has 102 valence electrons. The zero-order chi connectivity index (χ0) is 13.7. The van der Waals surface area contributed by atoms with Gasteiger partial charge in [-0.1, -0.05) is 23.7 Å². The minimum Gasteiger partial charge on any atom is -0.310 e. The molecule has 0 amide bonds. The molecule has 1 N–H and O–H groups in total. The van der Waals surface area contributed by atoms with Gasteiger partial charge >= 0.3 is 0 Å². The van der Waals surface area contributed by atoms with Gasteiger partial charge in [0.2, 0.25) is 0 Å². The SMILES string of the molecule is CC(C#N)C1CCC(NCc2ccc(Cl)cc2)CC1. The molecule has 1 aliphatic carbocycles. The second-order valence-corrected chi connectivity index (χ2v) is 5.97. The number of benzene rings is 1. The van der Waals surface area contributed by atoms with Crippen LogP contribution >= 0.6 is 11.6 Å². The third kappa shape index (κ3) is 4.23. The molecule has 0 radical (unpaired) electrons. The van der Waals surface area contributed by atoms with Crippen LogP contribution in [0.1, 0.15) is 38.2 Å². The van der Waals surface area contributed by atoms with Crippen molar-refractivity contribution in [1.82, 2.24) is 5.32 Å². The van der Waals surface area contributed by atoms with Crippen molar-refractivity contribution in [2.45, 2.75) is 45.2 Å². The van der Waals surface area contributed by atoms with Gasteiger partial charge in [-0.3, -0.25) is 0 Å². The van der Waals surface area contributed by atoms with Gasteiger partial charge in [0.15, 0.2) is 0 Å². The van der Waals surface area contributed by atoms with Crippen LogP contribution in [0, 0.1) is 23.2 Å². The molecular weight excluding hydrogens is 256 g/mol. The molecule has 0 aliphatic heterocycles. The summed E-state index contributed by atoms with van der Waals surface area (Å²) in [5.74, 6) is 0.802. The van der Waals surface area contributed by atoms with E-state index in [1.165, 1.54) is 31.2 Å². The molecule has 1 aliphatic rings. The van der Waals surface area contributed by atoms with E-state index in [9.17, 15) is 0 Å². The Morgan fingerprint density at radius 3 is 2.47 bits per heavy atom. The molecule has 1 aromatic carbocycles. The quantitative estimate of drug-likeness (QED) is 0.897. The first-order valence-corrected chi connectivity index (χ1v) is 7.44. The Morgan fingerprint density at radius 1 is 1.26 bits per heavy atom. The molecule has 19 heavy (non-hydrogen) atoms. The van der Waals surface area contributed by atoms with Crippen LogP contribution in [0.15, 0.2) is 24.3 Å². The smallest absolute Gasteiger partial charge is 0.0655 e. The van der Waals surface area contributed by atoms with Crippen molar-refractivity contribution in [2.75, 3.05) is 0 Å². The lowest BCUT2D eigenvalue weighted by Gasteiger charge is -2.30. The average molecular weight is 277 g/mol. The Kier molecular flexibility index (Phi) is 5.24. The molecule has 1 atom stereocenters. The highest BCUT2D eigenvalue weighted by molar-refractivity contribution is 6.30. The van der Waals surface area contributed by atoms with Gasteiger partial charge in [-0.05, 0) is 56.2 Å². The fourth-order valence-corrected chi connectivity index (χ4v) is 2.92. The van der Waals surface area contributed by atoms with Crippen molar-refractivity contribution in [3.05, 3.63) is 34.9 Å². The van der Waals surface area contributed by atoms with Crippen molar-refractivity contribution >= 4 is 11.6 Å². The van der Waals surface area contributed by atoms with E-state index in [1.54, 1.807) is 0 Å². The molecule has 0 heterocycles. The minimum absolute atomic E-state index is 0.206. The highest BCUT2D eigenvalue weighted by Crippen LogP contribution is 2.29. The molecule has 1 saturated carbocycles. The fourth-order valence-electron chi connectivity index (χ4n) is 2.79. The van der Waals surface area contributed by atoms with Crippen molar-refractivity contribution in [1.29, 1.82) is 5.26 Å². The Hall–Kier alpha value is -1.04. The highest BCUT2D eigenvalue weighted by atomic mass is 35.5. The molecule has 2 nitrogen and oxygen atoms in total. The summed E-state index contributed by atoms with van der Waals surface area (Å²) in [5, 5.41) is 13.3. The standard InChI is InChI=1S/C16H21ClN2/c1-12(10-18)14-4-8-16(9-5-14)19-11-13-2-6-15(17)7-3-13/h2-3,6-7,12,14,16,19H,4-5,8-9,11H2,1H3. The zero-order valence-corrected chi connectivity index (χ0v) is 12.2. The van der Waals surface area contributed by atoms with Crippen molar-refractivity contribution in [3.8, 4) is 6.07 Å². The fraction of sp³-hybridized carbons (Fsp3) is 0.562. The minimum atomic E-state index is 0.206. The molecule has 0 saturated heterocycles. The summed E-state index contributed by atoms with van der Waals surface area (Å²) in [4.78, 5) is 0. The summed E-state index contributed by atoms with van der Waals surface area (Å²) in [6.07, 6.45) is 4.72. The first-order valence-electron chi connectivity index (χ1n) is 7.06. The molecular formula is C16H21ClN2. The lowest BCUT2D eigenvalue weighted by atomic mass is 9.79. The maximum Gasteiger partial charge on any atom is 0.0655 e. The van der Waals surface area contributed by atoms with Crippen LogP contribution < -0.4 is 5.32 Å². The van der Waals surface area contributed by atoms with E-state index in [0.717, 1.165) is 11.6 Å². The van der Waals surface area contributed by atoms with Crippen molar-refractivity contribution in [2.24, 2.45) is 11.8 Å². The molecule has 0 aromatic heterocycles. The van der Waals surface area contributed by atoms with Crippen LogP contribution in [0.25, 0.3) is 0 Å². The summed E-state index contributed by atoms with van der Waals surface area (Å²) in [6.45, 7) is 2.95. The molecule has 1 unspecified atom stereocenters. The lowest BCUT2D eigenvalue weighted by molar-refractivity contribution is 0.255. The number of hydrogen-bond donors (Lipinski definition) is 1. The van der Waals surface area contributed by atoms with Gasteiger partial charge in [0.1, 0.15) is 0 Å². The molecule has 0 spiro atoms. The molecule has 0 bridgehead atoms. The van der Waals surface area contributed by atoms with Crippen LogP contribution in [0.5, 0.6) is 0 Å². The first kappa shape index (κ1) is 14.4. The van der Waals surface area contributed by atoms with E-state index < -0.39 is 0 Å². The summed E-state index contributed by atoms with van der Waals surface area (Å²) in [5.41, 5.74) is 1.27. The zero-order valence-electron chi connectivity index (χ0n) is 11.4. The number of nitriles is 1. The van der Waals surface area contributed by atoms with E-state index >= 15 is 0 Å². The molecule has 1 fully saturated rings. The van der Waals surface area contributed by atoms with Gasteiger partial charge in [0.05, 0.1) is 6.07 Å². The van der Waals surface area contributed by atoms with Crippen molar-refractivity contribution < 1.29 is 0 Å². The average Bonchev–Trinajstić information content (AvgIpc) is 2.46. The molecule has 3 heteroatoms. The van der Waals surface area contributed by atoms with Gasteiger partial charge in [0.25, 0.3) is 0 Å². The van der Waals surface area contributed by atoms with E-state index in [4.69, 9.17) is 16.9 Å². The molecule has 2 rings (SSSR count). The lowest BCUT2D eigenvalue weighted by Crippen LogP contribution is -2.33. The van der Waals surface area contributed by atoms with Crippen LogP contribution in [-0.2, 0) is 6.54 Å². The largest absolute Gasteiger partial charge is 0.310 e. The number of halogens is 1. The van der Waals surface area contributed by atoms with Gasteiger partial charge in [-0.15, -0.1) is 0 Å². The predicted molar refractivity (Wildman–Crippen MR) is 78.8 cm³/mol. The maximum atomic E-state index is 8.95. The number of nitrogens with zero attached hydrogens (tertiary/aromatic N) is 1. The topological polar surface area (TPSA) is 35.8 Å². The number of hydrogen-bond acceptors (Lipinski definition) is 2. The Labute approximate surface area is 120 Å². The van der Waals surface area contributed by atoms with Gasteiger partial charge in [-0.2, -0.15) is 5.26 Å². The second kappa shape index (κ2) is 6.93. The number of rotatable bonds is 4. The third-order valence-electron chi connectivity index (χ3n) is 4.19. The van der Waals surface area contributed by atoms with Crippen LogP contribution in [0.3, 0.4) is 0 Å². The van der Waals surface area contributed by atoms with Crippen LogP contribution in [0.4, 0.5) is 0 Å². The Morgan fingerprint density at radius 2 is 1.89 bits per heavy atom. The Bertz CT molecular complexity index is 427. The van der Waals surface area contributed by atoms with E-state index in [0.29, 0.717) is 12.0 Å². The predicted octanol–water partition coefficient (Wildman–Crippen LogP) is 4.15. The summed E-state index contributed by atoms with van der Waals surface area (Å²) in [6, 6.07) is 11.0. The van der Waals surface area contributed by atoms with E-state index in [2.05, 4.69) is 23.5 Å². The second-order valence-electron chi connectivity index (χ2n) is 5.54. The monoisotopic (exact) mass is 276 g/mol. The van der Waals surface area contributed by atoms with Gasteiger partial charge in [-0.25, -0.2) is 0 Å². The van der Waals surface area contributed by atoms with Crippen molar-refractivity contribution in [3.63, 3.8) is 0 Å². The summed E-state index contributed by atoms with van der Waals surface area (Å²) < 4.78 is 0. The highest BCUT2D eigenvalue weighted by Gasteiger charge is 2.24. The van der Waals surface area contributed by atoms with Gasteiger partial charge < -0.3 is 5.32 Å². The molecule has 1 aromatic rings. The van der Waals surface area contributed by atoms with Crippen LogP contribution in [0.2, 0.25) is 5.02 Å². The summed E-state index contributed by atoms with van der Waals surface area (Å²) in [7, 11) is 0. The van der Waals surface area contributed by atoms with Crippen LogP contribution in [-0.4, -0.2) is 6.04 Å². The Balaban J connectivity index is 1.74.